The van der Waals surface area contributed by atoms with E-state index in [2.05, 4.69) is 0 Å². The third-order valence-corrected chi connectivity index (χ3v) is 3.34. The van der Waals surface area contributed by atoms with Crippen molar-refractivity contribution < 1.29 is 9.53 Å². The molecule has 0 radical (unpaired) electrons. The van der Waals surface area contributed by atoms with Crippen LogP contribution in [-0.2, 0) is 4.74 Å². The maximum absolute atomic E-state index is 12.0. The standard InChI is InChI=1S/C11H21ClN2O2/c1-10(2,3)16-9(15)14-6-4-5-11(14,7-12)8-13/h4-8,13H2,1-3H3. The third kappa shape index (κ3) is 2.80. The summed E-state index contributed by atoms with van der Waals surface area (Å²) in [6.45, 7) is 6.62. The highest BCUT2D eigenvalue weighted by Gasteiger charge is 2.43. The molecule has 1 aliphatic heterocycles. The van der Waals surface area contributed by atoms with Gasteiger partial charge in [0, 0.05) is 19.0 Å². The Kier molecular flexibility index (Phi) is 4.07. The van der Waals surface area contributed by atoms with Crippen molar-refractivity contribution in [3.05, 3.63) is 0 Å². The van der Waals surface area contributed by atoms with Gasteiger partial charge in [0.2, 0.25) is 0 Å². The van der Waals surface area contributed by atoms with E-state index in [4.69, 9.17) is 22.1 Å². The van der Waals surface area contributed by atoms with Crippen LogP contribution in [0.4, 0.5) is 4.79 Å². The van der Waals surface area contributed by atoms with Crippen LogP contribution in [0.5, 0.6) is 0 Å². The van der Waals surface area contributed by atoms with E-state index in [0.717, 1.165) is 12.8 Å². The summed E-state index contributed by atoms with van der Waals surface area (Å²) >= 11 is 5.95. The molecule has 0 aromatic rings. The average Bonchev–Trinajstić information content (AvgIpc) is 2.59. The molecule has 0 saturated carbocycles. The number of hydrogen-bond donors (Lipinski definition) is 1. The van der Waals surface area contributed by atoms with Gasteiger partial charge in [-0.25, -0.2) is 4.79 Å². The summed E-state index contributed by atoms with van der Waals surface area (Å²) in [7, 11) is 0. The molecule has 0 bridgehead atoms. The first-order chi connectivity index (χ1) is 7.34. The zero-order valence-electron chi connectivity index (χ0n) is 10.3. The van der Waals surface area contributed by atoms with Crippen molar-refractivity contribution in [2.24, 2.45) is 5.73 Å². The minimum absolute atomic E-state index is 0.309. The van der Waals surface area contributed by atoms with Crippen molar-refractivity contribution in [3.8, 4) is 0 Å². The van der Waals surface area contributed by atoms with Crippen LogP contribution in [0.1, 0.15) is 33.6 Å². The quantitative estimate of drug-likeness (QED) is 0.760. The van der Waals surface area contributed by atoms with Crippen molar-refractivity contribution in [1.82, 2.24) is 4.90 Å². The predicted octanol–water partition coefficient (Wildman–Crippen LogP) is 1.95. The Hall–Kier alpha value is -0.480. The van der Waals surface area contributed by atoms with Crippen LogP contribution in [0.25, 0.3) is 0 Å². The molecule has 1 heterocycles. The number of hydrogen-bond acceptors (Lipinski definition) is 3. The fraction of sp³-hybridized carbons (Fsp3) is 0.909. The number of carbonyl (C=O) groups excluding carboxylic acids is 1. The highest BCUT2D eigenvalue weighted by molar-refractivity contribution is 6.18. The van der Waals surface area contributed by atoms with E-state index < -0.39 is 11.1 Å². The largest absolute Gasteiger partial charge is 0.444 e. The molecule has 0 aliphatic carbocycles. The molecule has 94 valence electrons. The number of amides is 1. The van der Waals surface area contributed by atoms with Crippen molar-refractivity contribution in [2.75, 3.05) is 19.0 Å². The molecule has 0 aromatic carbocycles. The predicted molar refractivity (Wildman–Crippen MR) is 64.7 cm³/mol. The van der Waals surface area contributed by atoms with Gasteiger partial charge in [-0.3, -0.25) is 0 Å². The molecule has 1 unspecified atom stereocenters. The maximum Gasteiger partial charge on any atom is 0.410 e. The van der Waals surface area contributed by atoms with Crippen LogP contribution >= 0.6 is 11.6 Å². The zero-order valence-corrected chi connectivity index (χ0v) is 11.0. The second kappa shape index (κ2) is 4.80. The number of carbonyl (C=O) groups is 1. The summed E-state index contributed by atoms with van der Waals surface area (Å²) in [5.41, 5.74) is 4.84. The monoisotopic (exact) mass is 248 g/mol. The van der Waals surface area contributed by atoms with E-state index in [0.29, 0.717) is 19.0 Å². The summed E-state index contributed by atoms with van der Waals surface area (Å²) in [4.78, 5) is 13.7. The number of nitrogens with zero attached hydrogens (tertiary/aromatic N) is 1. The molecule has 1 aliphatic rings. The van der Waals surface area contributed by atoms with Gasteiger partial charge in [-0.2, -0.15) is 0 Å². The van der Waals surface area contributed by atoms with Crippen LogP contribution in [0.15, 0.2) is 0 Å². The minimum Gasteiger partial charge on any atom is -0.444 e. The number of likely N-dealkylation sites (tertiary alicyclic amines) is 1. The van der Waals surface area contributed by atoms with E-state index in [9.17, 15) is 4.79 Å². The lowest BCUT2D eigenvalue weighted by molar-refractivity contribution is 0.0124. The fourth-order valence-electron chi connectivity index (χ4n) is 1.95. The van der Waals surface area contributed by atoms with Crippen LogP contribution in [0.2, 0.25) is 0 Å². The second-order valence-corrected chi connectivity index (χ2v) is 5.56. The van der Waals surface area contributed by atoms with Crippen molar-refractivity contribution in [3.63, 3.8) is 0 Å². The van der Waals surface area contributed by atoms with E-state index in [-0.39, 0.29) is 6.09 Å². The maximum atomic E-state index is 12.0. The summed E-state index contributed by atoms with van der Waals surface area (Å²) < 4.78 is 5.35. The highest BCUT2D eigenvalue weighted by atomic mass is 35.5. The smallest absolute Gasteiger partial charge is 0.410 e. The number of nitrogens with two attached hydrogens (primary N) is 1. The SMILES string of the molecule is CC(C)(C)OC(=O)N1CCCC1(CN)CCl. The lowest BCUT2D eigenvalue weighted by atomic mass is 9.99. The molecule has 1 atom stereocenters. The molecule has 16 heavy (non-hydrogen) atoms. The lowest BCUT2D eigenvalue weighted by Gasteiger charge is -2.36. The lowest BCUT2D eigenvalue weighted by Crippen LogP contribution is -2.54. The number of rotatable bonds is 2. The molecule has 0 spiro atoms. The summed E-state index contributed by atoms with van der Waals surface area (Å²) in [6, 6.07) is 0. The van der Waals surface area contributed by atoms with Gasteiger partial charge < -0.3 is 15.4 Å². The molecule has 5 heteroatoms. The van der Waals surface area contributed by atoms with Crippen LogP contribution in [0.3, 0.4) is 0 Å². The minimum atomic E-state index is -0.480. The average molecular weight is 249 g/mol. The molecular weight excluding hydrogens is 228 g/mol. The Morgan fingerprint density at radius 2 is 2.19 bits per heavy atom. The molecule has 0 aromatic heterocycles. The van der Waals surface area contributed by atoms with E-state index >= 15 is 0 Å². The summed E-state index contributed by atoms with van der Waals surface area (Å²) in [5.74, 6) is 0.364. The molecule has 1 saturated heterocycles. The van der Waals surface area contributed by atoms with Crippen LogP contribution < -0.4 is 5.73 Å². The highest BCUT2D eigenvalue weighted by Crippen LogP contribution is 2.31. The normalized spacial score (nSPS) is 25.9. The Morgan fingerprint density at radius 1 is 1.56 bits per heavy atom. The van der Waals surface area contributed by atoms with E-state index in [1.54, 1.807) is 4.90 Å². The van der Waals surface area contributed by atoms with Crippen molar-refractivity contribution >= 4 is 17.7 Å². The second-order valence-electron chi connectivity index (χ2n) is 5.30. The topological polar surface area (TPSA) is 55.6 Å². The molecule has 1 amide bonds. The van der Waals surface area contributed by atoms with Gasteiger partial charge in [0.25, 0.3) is 0 Å². The Bertz CT molecular complexity index is 259. The van der Waals surface area contributed by atoms with Crippen LogP contribution in [-0.4, -0.2) is 41.1 Å². The first-order valence-corrected chi connectivity index (χ1v) is 6.15. The third-order valence-electron chi connectivity index (χ3n) is 2.84. The molecular formula is C11H21ClN2O2. The number of ether oxygens (including phenoxy) is 1. The molecule has 2 N–H and O–H groups in total. The van der Waals surface area contributed by atoms with Crippen LogP contribution in [0, 0.1) is 0 Å². The van der Waals surface area contributed by atoms with E-state index in [1.807, 2.05) is 20.8 Å². The summed E-state index contributed by atoms with van der Waals surface area (Å²) in [6.07, 6.45) is 1.48. The number of alkyl halides is 1. The molecule has 1 fully saturated rings. The Balaban J connectivity index is 2.75. The first kappa shape index (κ1) is 13.6. The van der Waals surface area contributed by atoms with Crippen molar-refractivity contribution in [1.29, 1.82) is 0 Å². The summed E-state index contributed by atoms with van der Waals surface area (Å²) in [5, 5.41) is 0. The van der Waals surface area contributed by atoms with Gasteiger partial charge in [0.1, 0.15) is 5.60 Å². The van der Waals surface area contributed by atoms with Gasteiger partial charge in [-0.15, -0.1) is 11.6 Å². The molecule has 4 nitrogen and oxygen atoms in total. The van der Waals surface area contributed by atoms with Gasteiger partial charge in [0.05, 0.1) is 5.54 Å². The van der Waals surface area contributed by atoms with Gasteiger partial charge in [-0.1, -0.05) is 0 Å². The zero-order chi connectivity index (χ0) is 12.4. The van der Waals surface area contributed by atoms with Crippen molar-refractivity contribution in [2.45, 2.75) is 44.8 Å². The van der Waals surface area contributed by atoms with Gasteiger partial charge in [-0.05, 0) is 33.6 Å². The molecule has 1 rings (SSSR count). The fourth-order valence-corrected chi connectivity index (χ4v) is 2.33. The van der Waals surface area contributed by atoms with Gasteiger partial charge in [0.15, 0.2) is 0 Å². The Morgan fingerprint density at radius 3 is 2.62 bits per heavy atom. The Labute approximate surface area is 102 Å². The van der Waals surface area contributed by atoms with E-state index in [1.165, 1.54) is 0 Å². The van der Waals surface area contributed by atoms with Gasteiger partial charge >= 0.3 is 6.09 Å². The first-order valence-electron chi connectivity index (χ1n) is 5.61. The number of halogens is 1.